The topological polar surface area (TPSA) is 120 Å². The lowest BCUT2D eigenvalue weighted by atomic mass is 10.2. The molecule has 106 valence electrons. The Labute approximate surface area is 119 Å². The fraction of sp³-hybridized carbons (Fsp3) is 0.154. The minimum Gasteiger partial charge on any atom is -0.493 e. The molecule has 0 saturated carbocycles. The van der Waals surface area contributed by atoms with E-state index in [1.165, 1.54) is 12.3 Å². The van der Waals surface area contributed by atoms with Gasteiger partial charge in [0.25, 0.3) is 0 Å². The molecule has 0 aliphatic heterocycles. The maximum absolute atomic E-state index is 9.22. The number of nitrogen functional groups attached to an aromatic ring is 1. The summed E-state index contributed by atoms with van der Waals surface area (Å²) in [5, 5.41) is 9.22. The van der Waals surface area contributed by atoms with E-state index in [0.717, 1.165) is 0 Å². The van der Waals surface area contributed by atoms with Crippen molar-refractivity contribution in [1.82, 2.24) is 24.9 Å². The van der Waals surface area contributed by atoms with E-state index in [9.17, 15) is 5.11 Å². The molecule has 3 N–H and O–H groups in total. The second-order valence-electron chi connectivity index (χ2n) is 4.15. The van der Waals surface area contributed by atoms with E-state index >= 15 is 0 Å². The minimum absolute atomic E-state index is 0.0568. The summed E-state index contributed by atoms with van der Waals surface area (Å²) >= 11 is 0. The molecule has 8 nitrogen and oxygen atoms in total. The van der Waals surface area contributed by atoms with Crippen LogP contribution in [0.25, 0.3) is 22.4 Å². The third-order valence-electron chi connectivity index (χ3n) is 2.72. The van der Waals surface area contributed by atoms with Gasteiger partial charge in [-0.3, -0.25) is 0 Å². The Kier molecular flexibility index (Phi) is 3.19. The first-order valence-electron chi connectivity index (χ1n) is 6.26. The van der Waals surface area contributed by atoms with E-state index in [2.05, 4.69) is 24.9 Å². The number of fused-ring (bicyclic) bond motifs is 1. The van der Waals surface area contributed by atoms with Crippen LogP contribution in [-0.2, 0) is 0 Å². The Bertz CT molecular complexity index is 791. The van der Waals surface area contributed by atoms with Crippen molar-refractivity contribution in [3.05, 3.63) is 24.5 Å². The Balaban J connectivity index is 2.16. The summed E-state index contributed by atoms with van der Waals surface area (Å²) in [6, 6.07) is 3.17. The molecule has 3 aromatic heterocycles. The Morgan fingerprint density at radius 3 is 2.71 bits per heavy atom. The Morgan fingerprint density at radius 2 is 2.00 bits per heavy atom. The molecule has 0 atom stereocenters. The minimum atomic E-state index is -0.0568. The number of aromatic hydroxyl groups is 1. The SMILES string of the molecule is CCOc1nc(N)nc2ncc(-c3ccc(O)nc3)nc12. The van der Waals surface area contributed by atoms with Crippen molar-refractivity contribution in [2.45, 2.75) is 6.92 Å². The average Bonchev–Trinajstić information content (AvgIpc) is 2.48. The average molecular weight is 284 g/mol. The zero-order chi connectivity index (χ0) is 14.8. The number of aromatic nitrogens is 5. The summed E-state index contributed by atoms with van der Waals surface area (Å²) in [6.45, 7) is 2.27. The molecule has 0 unspecified atom stereocenters. The molecular formula is C13H12N6O2. The molecule has 0 aliphatic rings. The Hall–Kier alpha value is -3.03. The van der Waals surface area contributed by atoms with E-state index in [4.69, 9.17) is 10.5 Å². The molecular weight excluding hydrogens is 272 g/mol. The summed E-state index contributed by atoms with van der Waals surface area (Å²) in [5.74, 6) is 0.319. The zero-order valence-electron chi connectivity index (χ0n) is 11.2. The number of rotatable bonds is 3. The standard InChI is InChI=1S/C13H12N6O2/c1-2-21-12-10-11(18-13(14)19-12)16-6-8(17-10)7-3-4-9(20)15-5-7/h3-6H,2H2,1H3,(H,15,20)(H2,14,16,18,19). The molecule has 0 saturated heterocycles. The third kappa shape index (κ3) is 2.50. The van der Waals surface area contributed by atoms with Crippen molar-refractivity contribution in [1.29, 1.82) is 0 Å². The first-order valence-corrected chi connectivity index (χ1v) is 6.26. The van der Waals surface area contributed by atoms with E-state index in [-0.39, 0.29) is 11.8 Å². The normalized spacial score (nSPS) is 10.7. The second-order valence-corrected chi connectivity index (χ2v) is 4.15. The number of hydrogen-bond acceptors (Lipinski definition) is 8. The van der Waals surface area contributed by atoms with Crippen LogP contribution in [-0.4, -0.2) is 36.6 Å². The highest BCUT2D eigenvalue weighted by Gasteiger charge is 2.12. The van der Waals surface area contributed by atoms with Crippen LogP contribution in [0, 0.1) is 0 Å². The van der Waals surface area contributed by atoms with E-state index in [0.29, 0.717) is 34.9 Å². The van der Waals surface area contributed by atoms with Gasteiger partial charge in [0.2, 0.25) is 17.7 Å². The van der Waals surface area contributed by atoms with Crippen molar-refractivity contribution in [2.24, 2.45) is 0 Å². The van der Waals surface area contributed by atoms with Crippen LogP contribution in [0.1, 0.15) is 6.92 Å². The van der Waals surface area contributed by atoms with Gasteiger partial charge in [-0.2, -0.15) is 9.97 Å². The van der Waals surface area contributed by atoms with Gasteiger partial charge in [-0.05, 0) is 13.0 Å². The lowest BCUT2D eigenvalue weighted by Crippen LogP contribution is -2.04. The molecule has 0 spiro atoms. The molecule has 0 fully saturated rings. The largest absolute Gasteiger partial charge is 0.493 e. The van der Waals surface area contributed by atoms with Gasteiger partial charge >= 0.3 is 0 Å². The first-order chi connectivity index (χ1) is 10.2. The van der Waals surface area contributed by atoms with Gasteiger partial charge in [-0.25, -0.2) is 15.0 Å². The summed E-state index contributed by atoms with van der Waals surface area (Å²) < 4.78 is 5.42. The lowest BCUT2D eigenvalue weighted by molar-refractivity contribution is 0.330. The predicted octanol–water partition coefficient (Wildman–Crippen LogP) is 1.17. The maximum Gasteiger partial charge on any atom is 0.247 e. The number of hydrogen-bond donors (Lipinski definition) is 2. The summed E-state index contributed by atoms with van der Waals surface area (Å²) in [5.41, 5.74) is 7.69. The molecule has 0 radical (unpaired) electrons. The molecule has 0 amide bonds. The van der Waals surface area contributed by atoms with Crippen LogP contribution in [0.3, 0.4) is 0 Å². The van der Waals surface area contributed by atoms with Gasteiger partial charge in [-0.15, -0.1) is 0 Å². The molecule has 3 rings (SSSR count). The third-order valence-corrected chi connectivity index (χ3v) is 2.72. The number of pyridine rings is 1. The van der Waals surface area contributed by atoms with Gasteiger partial charge < -0.3 is 15.6 Å². The van der Waals surface area contributed by atoms with Crippen LogP contribution < -0.4 is 10.5 Å². The molecule has 0 aromatic carbocycles. The zero-order valence-corrected chi connectivity index (χ0v) is 11.2. The quantitative estimate of drug-likeness (QED) is 0.735. The molecule has 8 heteroatoms. The van der Waals surface area contributed by atoms with Crippen LogP contribution in [0.5, 0.6) is 11.8 Å². The second kappa shape index (κ2) is 5.16. The highest BCUT2D eigenvalue weighted by atomic mass is 16.5. The van der Waals surface area contributed by atoms with Gasteiger partial charge in [0, 0.05) is 17.8 Å². The molecule has 3 aromatic rings. The molecule has 0 bridgehead atoms. The van der Waals surface area contributed by atoms with Crippen molar-refractivity contribution < 1.29 is 9.84 Å². The van der Waals surface area contributed by atoms with E-state index in [1.54, 1.807) is 12.3 Å². The highest BCUT2D eigenvalue weighted by molar-refractivity contribution is 5.79. The molecule has 21 heavy (non-hydrogen) atoms. The van der Waals surface area contributed by atoms with Crippen molar-refractivity contribution in [3.63, 3.8) is 0 Å². The molecule has 3 heterocycles. The van der Waals surface area contributed by atoms with Crippen molar-refractivity contribution in [3.8, 4) is 23.0 Å². The monoisotopic (exact) mass is 284 g/mol. The summed E-state index contributed by atoms with van der Waals surface area (Å²) in [4.78, 5) is 20.5. The number of nitrogens with zero attached hydrogens (tertiary/aromatic N) is 5. The predicted molar refractivity (Wildman–Crippen MR) is 75.6 cm³/mol. The summed E-state index contributed by atoms with van der Waals surface area (Å²) in [7, 11) is 0. The highest BCUT2D eigenvalue weighted by Crippen LogP contribution is 2.24. The number of anilines is 1. The Morgan fingerprint density at radius 1 is 1.14 bits per heavy atom. The van der Waals surface area contributed by atoms with Crippen LogP contribution in [0.15, 0.2) is 24.5 Å². The van der Waals surface area contributed by atoms with Gasteiger partial charge in [-0.1, -0.05) is 0 Å². The van der Waals surface area contributed by atoms with E-state index < -0.39 is 0 Å². The fourth-order valence-electron chi connectivity index (χ4n) is 1.81. The van der Waals surface area contributed by atoms with Crippen molar-refractivity contribution >= 4 is 17.1 Å². The van der Waals surface area contributed by atoms with Gasteiger partial charge in [0.1, 0.15) is 0 Å². The first kappa shape index (κ1) is 13.0. The number of nitrogens with two attached hydrogens (primary N) is 1. The van der Waals surface area contributed by atoms with Gasteiger partial charge in [0.05, 0.1) is 18.5 Å². The fourth-order valence-corrected chi connectivity index (χ4v) is 1.81. The van der Waals surface area contributed by atoms with Crippen LogP contribution in [0.2, 0.25) is 0 Å². The molecule has 0 aliphatic carbocycles. The van der Waals surface area contributed by atoms with E-state index in [1.807, 2.05) is 6.92 Å². The van der Waals surface area contributed by atoms with Crippen LogP contribution in [0.4, 0.5) is 5.95 Å². The van der Waals surface area contributed by atoms with Crippen molar-refractivity contribution in [2.75, 3.05) is 12.3 Å². The van der Waals surface area contributed by atoms with Gasteiger partial charge in [0.15, 0.2) is 11.2 Å². The lowest BCUT2D eigenvalue weighted by Gasteiger charge is -2.07. The van der Waals surface area contributed by atoms with Crippen LogP contribution >= 0.6 is 0 Å². The smallest absolute Gasteiger partial charge is 0.247 e. The number of ether oxygens (including phenoxy) is 1. The summed E-state index contributed by atoms with van der Waals surface area (Å²) in [6.07, 6.45) is 3.06. The maximum atomic E-state index is 9.22.